The second kappa shape index (κ2) is 9.87. The quantitative estimate of drug-likeness (QED) is 0.584. The molecule has 0 spiro atoms. The summed E-state index contributed by atoms with van der Waals surface area (Å²) in [6.07, 6.45) is 1.65. The van der Waals surface area contributed by atoms with Gasteiger partial charge in [-0.2, -0.15) is 4.31 Å². The van der Waals surface area contributed by atoms with Gasteiger partial charge in [-0.1, -0.05) is 15.9 Å². The van der Waals surface area contributed by atoms with Gasteiger partial charge in [-0.15, -0.1) is 0 Å². The molecule has 7 heteroatoms. The van der Waals surface area contributed by atoms with Gasteiger partial charge in [0.2, 0.25) is 10.0 Å². The molecular formula is C17H30BrN3O2S. The van der Waals surface area contributed by atoms with Crippen molar-refractivity contribution in [3.05, 3.63) is 28.2 Å². The molecule has 0 saturated heterocycles. The van der Waals surface area contributed by atoms with Crippen molar-refractivity contribution in [1.82, 2.24) is 14.1 Å². The molecule has 138 valence electrons. The molecular weight excluding hydrogens is 390 g/mol. The molecule has 0 N–H and O–H groups in total. The van der Waals surface area contributed by atoms with Gasteiger partial charge in [-0.3, -0.25) is 0 Å². The summed E-state index contributed by atoms with van der Waals surface area (Å²) in [6, 6.07) is 5.22. The van der Waals surface area contributed by atoms with E-state index in [9.17, 15) is 8.42 Å². The van der Waals surface area contributed by atoms with Crippen LogP contribution < -0.4 is 0 Å². The van der Waals surface area contributed by atoms with Gasteiger partial charge in [0.05, 0.1) is 4.90 Å². The summed E-state index contributed by atoms with van der Waals surface area (Å²) < 4.78 is 28.6. The largest absolute Gasteiger partial charge is 0.309 e. The molecule has 0 aliphatic carbocycles. The molecule has 5 nitrogen and oxygen atoms in total. The molecule has 0 radical (unpaired) electrons. The van der Waals surface area contributed by atoms with Crippen LogP contribution in [0.25, 0.3) is 0 Å². The van der Waals surface area contributed by atoms with Gasteiger partial charge in [-0.25, -0.2) is 8.42 Å². The Balaban J connectivity index is 2.93. The highest BCUT2D eigenvalue weighted by molar-refractivity contribution is 9.10. The fraction of sp³-hybridized carbons (Fsp3) is 0.647. The first kappa shape index (κ1) is 21.6. The third-order valence-electron chi connectivity index (χ3n) is 3.79. The Morgan fingerprint density at radius 1 is 0.917 bits per heavy atom. The molecule has 0 atom stereocenters. The maximum Gasteiger partial charge on any atom is 0.243 e. The van der Waals surface area contributed by atoms with Crippen molar-refractivity contribution < 1.29 is 8.42 Å². The van der Waals surface area contributed by atoms with Crippen LogP contribution >= 0.6 is 15.9 Å². The molecule has 0 saturated carbocycles. The van der Waals surface area contributed by atoms with Gasteiger partial charge >= 0.3 is 0 Å². The van der Waals surface area contributed by atoms with Crippen molar-refractivity contribution in [2.24, 2.45) is 0 Å². The van der Waals surface area contributed by atoms with Crippen molar-refractivity contribution in [3.63, 3.8) is 0 Å². The molecule has 0 aliphatic heterocycles. The van der Waals surface area contributed by atoms with Gasteiger partial charge in [-0.05, 0) is 84.8 Å². The zero-order chi connectivity index (χ0) is 18.3. The Morgan fingerprint density at radius 3 is 1.83 bits per heavy atom. The summed E-state index contributed by atoms with van der Waals surface area (Å²) in [5, 5.41) is 0. The van der Waals surface area contributed by atoms with Gasteiger partial charge in [0, 0.05) is 17.6 Å². The van der Waals surface area contributed by atoms with E-state index in [-0.39, 0.29) is 0 Å². The highest BCUT2D eigenvalue weighted by Crippen LogP contribution is 2.23. The van der Waals surface area contributed by atoms with Crippen LogP contribution in [-0.4, -0.2) is 76.9 Å². The minimum Gasteiger partial charge on any atom is -0.309 e. The lowest BCUT2D eigenvalue weighted by molar-refractivity contribution is 0.326. The van der Waals surface area contributed by atoms with E-state index < -0.39 is 10.0 Å². The first-order valence-corrected chi connectivity index (χ1v) is 10.4. The van der Waals surface area contributed by atoms with E-state index in [0.29, 0.717) is 18.0 Å². The molecule has 1 rings (SSSR count). The van der Waals surface area contributed by atoms with Crippen LogP contribution in [0.4, 0.5) is 0 Å². The maximum absolute atomic E-state index is 13.0. The average molecular weight is 420 g/mol. The molecule has 1 aromatic carbocycles. The summed E-state index contributed by atoms with van der Waals surface area (Å²) in [5.74, 6) is 0. The summed E-state index contributed by atoms with van der Waals surface area (Å²) in [4.78, 5) is 4.53. The van der Waals surface area contributed by atoms with Crippen LogP contribution in [0.1, 0.15) is 18.4 Å². The lowest BCUT2D eigenvalue weighted by Crippen LogP contribution is -2.35. The van der Waals surface area contributed by atoms with E-state index >= 15 is 0 Å². The number of sulfonamides is 1. The SMILES string of the molecule is Cc1cc(S(=O)(=O)N(CCCN(C)C)CCCN(C)C)ccc1Br. The van der Waals surface area contributed by atoms with E-state index in [1.807, 2.05) is 35.1 Å². The van der Waals surface area contributed by atoms with Crippen molar-refractivity contribution in [3.8, 4) is 0 Å². The molecule has 0 aliphatic rings. The van der Waals surface area contributed by atoms with Crippen LogP contribution in [0.3, 0.4) is 0 Å². The highest BCUT2D eigenvalue weighted by atomic mass is 79.9. The number of aryl methyl sites for hydroxylation is 1. The predicted molar refractivity (Wildman–Crippen MR) is 104 cm³/mol. The van der Waals surface area contributed by atoms with Gasteiger partial charge in [0.1, 0.15) is 0 Å². The number of nitrogens with zero attached hydrogens (tertiary/aromatic N) is 3. The van der Waals surface area contributed by atoms with E-state index in [4.69, 9.17) is 0 Å². The molecule has 0 fully saturated rings. The van der Waals surface area contributed by atoms with Gasteiger partial charge in [0.25, 0.3) is 0 Å². The second-order valence-electron chi connectivity index (χ2n) is 6.63. The lowest BCUT2D eigenvalue weighted by Gasteiger charge is -2.24. The van der Waals surface area contributed by atoms with Crippen molar-refractivity contribution in [2.75, 3.05) is 54.4 Å². The van der Waals surface area contributed by atoms with E-state index in [2.05, 4.69) is 25.7 Å². The van der Waals surface area contributed by atoms with Gasteiger partial charge < -0.3 is 9.80 Å². The summed E-state index contributed by atoms with van der Waals surface area (Å²) in [5.41, 5.74) is 0.928. The normalized spacial score (nSPS) is 12.5. The minimum absolute atomic E-state index is 0.373. The fourth-order valence-electron chi connectivity index (χ4n) is 2.41. The number of hydrogen-bond acceptors (Lipinski definition) is 4. The summed E-state index contributed by atoms with van der Waals surface area (Å²) in [7, 11) is 4.55. The van der Waals surface area contributed by atoms with Crippen LogP contribution in [0.2, 0.25) is 0 Å². The topological polar surface area (TPSA) is 43.9 Å². The molecule has 24 heavy (non-hydrogen) atoms. The highest BCUT2D eigenvalue weighted by Gasteiger charge is 2.24. The van der Waals surface area contributed by atoms with Crippen molar-refractivity contribution >= 4 is 26.0 Å². The van der Waals surface area contributed by atoms with Gasteiger partial charge in [0.15, 0.2) is 0 Å². The standard InChI is InChI=1S/C17H30BrN3O2S/c1-15-14-16(8-9-17(15)18)24(22,23)21(12-6-10-19(2)3)13-7-11-20(4)5/h8-9,14H,6-7,10-13H2,1-5H3. The molecule has 1 aromatic rings. The van der Waals surface area contributed by atoms with Crippen LogP contribution in [0.5, 0.6) is 0 Å². The van der Waals surface area contributed by atoms with E-state index in [0.717, 1.165) is 36.0 Å². The Kier molecular flexibility index (Phi) is 8.87. The third kappa shape index (κ3) is 6.80. The fourth-order valence-corrected chi connectivity index (χ4v) is 4.25. The average Bonchev–Trinajstić information content (AvgIpc) is 2.47. The first-order chi connectivity index (χ1) is 11.1. The Hall–Kier alpha value is -0.470. The van der Waals surface area contributed by atoms with E-state index in [1.54, 1.807) is 22.5 Å². The summed E-state index contributed by atoms with van der Waals surface area (Å²) in [6.45, 7) is 4.75. The van der Waals surface area contributed by atoms with Crippen molar-refractivity contribution in [1.29, 1.82) is 0 Å². The molecule has 0 amide bonds. The first-order valence-electron chi connectivity index (χ1n) is 8.20. The zero-order valence-corrected chi connectivity index (χ0v) is 17.8. The number of benzene rings is 1. The monoisotopic (exact) mass is 419 g/mol. The van der Waals surface area contributed by atoms with Crippen LogP contribution in [-0.2, 0) is 10.0 Å². The zero-order valence-electron chi connectivity index (χ0n) is 15.4. The predicted octanol–water partition coefficient (Wildman–Crippen LogP) is 2.65. The second-order valence-corrected chi connectivity index (χ2v) is 9.42. The lowest BCUT2D eigenvalue weighted by atomic mass is 10.2. The Bertz CT molecular complexity index is 604. The van der Waals surface area contributed by atoms with Crippen molar-refractivity contribution in [2.45, 2.75) is 24.7 Å². The molecule has 0 bridgehead atoms. The Labute approximate surface area is 155 Å². The Morgan fingerprint density at radius 2 is 1.42 bits per heavy atom. The third-order valence-corrected chi connectivity index (χ3v) is 6.58. The number of rotatable bonds is 10. The smallest absolute Gasteiger partial charge is 0.243 e. The molecule has 0 heterocycles. The molecule has 0 unspecified atom stereocenters. The van der Waals surface area contributed by atoms with E-state index in [1.165, 1.54) is 0 Å². The van der Waals surface area contributed by atoms with Crippen LogP contribution in [0, 0.1) is 6.92 Å². The maximum atomic E-state index is 13.0. The minimum atomic E-state index is -3.46. The number of halogens is 1. The molecule has 0 aromatic heterocycles. The summed E-state index contributed by atoms with van der Waals surface area (Å²) >= 11 is 3.43. The van der Waals surface area contributed by atoms with Crippen LogP contribution in [0.15, 0.2) is 27.6 Å². The number of hydrogen-bond donors (Lipinski definition) is 0.